The predicted molar refractivity (Wildman–Crippen MR) is 71.0 cm³/mol. The van der Waals surface area contributed by atoms with Crippen LogP contribution in [0.2, 0.25) is 0 Å². The molecule has 19 heavy (non-hydrogen) atoms. The zero-order valence-corrected chi connectivity index (χ0v) is 11.0. The second kappa shape index (κ2) is 5.36. The Morgan fingerprint density at radius 3 is 2.74 bits per heavy atom. The lowest BCUT2D eigenvalue weighted by Crippen LogP contribution is -2.24. The van der Waals surface area contributed by atoms with Gasteiger partial charge in [0.25, 0.3) is 5.91 Å². The van der Waals surface area contributed by atoms with Gasteiger partial charge in [-0.1, -0.05) is 0 Å². The molecular weight excluding hydrogens is 270 g/mol. The van der Waals surface area contributed by atoms with Crippen molar-refractivity contribution in [1.82, 2.24) is 5.32 Å². The van der Waals surface area contributed by atoms with E-state index >= 15 is 0 Å². The van der Waals surface area contributed by atoms with Gasteiger partial charge in [-0.2, -0.15) is 0 Å². The highest BCUT2D eigenvalue weighted by atomic mass is 32.1. The van der Waals surface area contributed by atoms with Crippen LogP contribution in [0.4, 0.5) is 14.5 Å². The molecule has 2 rings (SSSR count). The Balaban J connectivity index is 2.12. The van der Waals surface area contributed by atoms with Crippen LogP contribution < -0.4 is 11.1 Å². The quantitative estimate of drug-likeness (QED) is 0.850. The molecule has 3 nitrogen and oxygen atoms in total. The summed E-state index contributed by atoms with van der Waals surface area (Å²) in [7, 11) is 0. The van der Waals surface area contributed by atoms with E-state index < -0.39 is 17.5 Å². The minimum absolute atomic E-state index is 0.251. The monoisotopic (exact) mass is 282 g/mol. The van der Waals surface area contributed by atoms with Gasteiger partial charge in [-0.15, -0.1) is 11.3 Å². The Hall–Kier alpha value is -1.95. The van der Waals surface area contributed by atoms with Crippen molar-refractivity contribution in [2.24, 2.45) is 0 Å². The first-order valence-electron chi connectivity index (χ1n) is 5.54. The number of nitrogen functional groups attached to an aromatic ring is 1. The van der Waals surface area contributed by atoms with Crippen LogP contribution in [-0.4, -0.2) is 5.91 Å². The Labute approximate surface area is 113 Å². The summed E-state index contributed by atoms with van der Waals surface area (Å²) in [4.78, 5) is 12.8. The number of anilines is 1. The molecule has 0 aliphatic carbocycles. The van der Waals surface area contributed by atoms with Crippen LogP contribution in [0.5, 0.6) is 0 Å². The topological polar surface area (TPSA) is 55.1 Å². The molecule has 0 radical (unpaired) electrons. The number of carbonyl (C=O) groups is 1. The van der Waals surface area contributed by atoms with Gasteiger partial charge in [0.2, 0.25) is 0 Å². The first-order chi connectivity index (χ1) is 8.99. The number of nitrogens with two attached hydrogens (primary N) is 1. The van der Waals surface area contributed by atoms with E-state index in [1.165, 1.54) is 11.3 Å². The molecule has 0 saturated carbocycles. The lowest BCUT2D eigenvalue weighted by molar-refractivity contribution is 0.0947. The molecule has 1 heterocycles. The number of aryl methyl sites for hydroxylation is 1. The molecule has 0 unspecified atom stereocenters. The number of rotatable bonds is 3. The average Bonchev–Trinajstić information content (AvgIpc) is 2.76. The third kappa shape index (κ3) is 2.90. The fraction of sp³-hybridized carbons (Fsp3) is 0.154. The molecule has 0 aliphatic heterocycles. The van der Waals surface area contributed by atoms with Gasteiger partial charge in [0.1, 0.15) is 11.6 Å². The molecule has 1 aromatic heterocycles. The Bertz CT molecular complexity index is 625. The smallest absolute Gasteiger partial charge is 0.254 e. The van der Waals surface area contributed by atoms with Crippen LogP contribution in [0.3, 0.4) is 0 Å². The average molecular weight is 282 g/mol. The number of carbonyl (C=O) groups excluding carboxylic acids is 1. The minimum Gasteiger partial charge on any atom is -0.396 e. The van der Waals surface area contributed by atoms with Crippen molar-refractivity contribution >= 4 is 22.9 Å². The van der Waals surface area contributed by atoms with Crippen molar-refractivity contribution in [2.45, 2.75) is 13.5 Å². The molecule has 0 bridgehead atoms. The maximum atomic E-state index is 13.5. The molecule has 1 amide bonds. The van der Waals surface area contributed by atoms with E-state index in [4.69, 9.17) is 5.73 Å². The lowest BCUT2D eigenvalue weighted by Gasteiger charge is -2.07. The number of hydrogen-bond donors (Lipinski definition) is 2. The first kappa shape index (κ1) is 13.5. The summed E-state index contributed by atoms with van der Waals surface area (Å²) in [6, 6.07) is 3.55. The van der Waals surface area contributed by atoms with E-state index in [2.05, 4.69) is 5.32 Å². The Morgan fingerprint density at radius 1 is 1.37 bits per heavy atom. The van der Waals surface area contributed by atoms with E-state index in [0.717, 1.165) is 16.5 Å². The largest absolute Gasteiger partial charge is 0.396 e. The second-order valence-electron chi connectivity index (χ2n) is 4.06. The summed E-state index contributed by atoms with van der Waals surface area (Å²) in [6.45, 7) is 2.23. The minimum atomic E-state index is -0.924. The van der Waals surface area contributed by atoms with Gasteiger partial charge in [-0.3, -0.25) is 4.79 Å². The summed E-state index contributed by atoms with van der Waals surface area (Å²) < 4.78 is 26.5. The van der Waals surface area contributed by atoms with Crippen molar-refractivity contribution in [1.29, 1.82) is 0 Å². The van der Waals surface area contributed by atoms with Gasteiger partial charge < -0.3 is 11.1 Å². The molecule has 0 spiro atoms. The van der Waals surface area contributed by atoms with Crippen LogP contribution in [0.15, 0.2) is 23.6 Å². The van der Waals surface area contributed by atoms with Crippen molar-refractivity contribution < 1.29 is 13.6 Å². The van der Waals surface area contributed by atoms with E-state index in [9.17, 15) is 13.6 Å². The number of thiophene rings is 1. The van der Waals surface area contributed by atoms with E-state index in [1.54, 1.807) is 0 Å². The molecule has 3 N–H and O–H groups in total. The maximum absolute atomic E-state index is 13.5. The SMILES string of the molecule is Cc1ccsc1CNC(=O)c1cc(N)c(F)cc1F. The van der Waals surface area contributed by atoms with Crippen molar-refractivity contribution in [3.05, 3.63) is 51.2 Å². The standard InChI is InChI=1S/C13H12F2N2OS/c1-7-2-3-19-12(7)6-17-13(18)8-4-11(16)10(15)5-9(8)14/h2-5H,6,16H2,1H3,(H,17,18). The number of benzene rings is 1. The van der Waals surface area contributed by atoms with Gasteiger partial charge in [-0.25, -0.2) is 8.78 Å². The molecule has 2 aromatic rings. The van der Waals surface area contributed by atoms with Crippen LogP contribution >= 0.6 is 11.3 Å². The van der Waals surface area contributed by atoms with Gasteiger partial charge in [0.15, 0.2) is 0 Å². The molecule has 100 valence electrons. The van der Waals surface area contributed by atoms with Crippen LogP contribution in [0.25, 0.3) is 0 Å². The van der Waals surface area contributed by atoms with E-state index in [-0.39, 0.29) is 11.3 Å². The zero-order valence-electron chi connectivity index (χ0n) is 10.2. The Kier molecular flexibility index (Phi) is 3.80. The van der Waals surface area contributed by atoms with E-state index in [0.29, 0.717) is 12.6 Å². The highest BCUT2D eigenvalue weighted by Gasteiger charge is 2.15. The summed E-state index contributed by atoms with van der Waals surface area (Å²) in [5, 5.41) is 4.49. The maximum Gasteiger partial charge on any atom is 0.254 e. The number of halogens is 2. The van der Waals surface area contributed by atoms with Crippen molar-refractivity contribution in [2.75, 3.05) is 5.73 Å². The van der Waals surface area contributed by atoms with E-state index in [1.807, 2.05) is 18.4 Å². The number of nitrogens with one attached hydrogen (secondary N) is 1. The molecule has 0 fully saturated rings. The zero-order chi connectivity index (χ0) is 14.0. The third-order valence-electron chi connectivity index (χ3n) is 2.71. The van der Waals surface area contributed by atoms with Gasteiger partial charge in [-0.05, 0) is 30.0 Å². The molecule has 0 saturated heterocycles. The molecule has 1 aromatic carbocycles. The van der Waals surface area contributed by atoms with Crippen LogP contribution in [-0.2, 0) is 6.54 Å². The molecule has 6 heteroatoms. The number of amides is 1. The fourth-order valence-electron chi connectivity index (χ4n) is 1.58. The third-order valence-corrected chi connectivity index (χ3v) is 3.73. The second-order valence-corrected chi connectivity index (χ2v) is 5.06. The van der Waals surface area contributed by atoms with Gasteiger partial charge in [0.05, 0.1) is 17.8 Å². The normalized spacial score (nSPS) is 10.5. The van der Waals surface area contributed by atoms with Crippen LogP contribution in [0.1, 0.15) is 20.8 Å². The summed E-state index contributed by atoms with van der Waals surface area (Å²) in [6.07, 6.45) is 0. The fourth-order valence-corrected chi connectivity index (χ4v) is 2.43. The van der Waals surface area contributed by atoms with Gasteiger partial charge in [0, 0.05) is 10.9 Å². The number of hydrogen-bond acceptors (Lipinski definition) is 3. The summed E-state index contributed by atoms with van der Waals surface area (Å²) in [5.74, 6) is -2.41. The highest BCUT2D eigenvalue weighted by Crippen LogP contribution is 2.18. The predicted octanol–water partition coefficient (Wildman–Crippen LogP) is 2.85. The first-order valence-corrected chi connectivity index (χ1v) is 6.42. The Morgan fingerprint density at radius 2 is 2.11 bits per heavy atom. The summed E-state index contributed by atoms with van der Waals surface area (Å²) >= 11 is 1.50. The van der Waals surface area contributed by atoms with Crippen LogP contribution in [0, 0.1) is 18.6 Å². The molecule has 0 aliphatic rings. The van der Waals surface area contributed by atoms with Crippen molar-refractivity contribution in [3.8, 4) is 0 Å². The van der Waals surface area contributed by atoms with Crippen molar-refractivity contribution in [3.63, 3.8) is 0 Å². The molecule has 0 atom stereocenters. The molecular formula is C13H12F2N2OS. The summed E-state index contributed by atoms with van der Waals surface area (Å²) in [5.41, 5.74) is 5.87. The van der Waals surface area contributed by atoms with Gasteiger partial charge >= 0.3 is 0 Å². The lowest BCUT2D eigenvalue weighted by atomic mass is 10.1. The highest BCUT2D eigenvalue weighted by molar-refractivity contribution is 7.10.